The summed E-state index contributed by atoms with van der Waals surface area (Å²) in [5, 5.41) is 0. The zero-order valence-electron chi connectivity index (χ0n) is 44.6. The third kappa shape index (κ3) is 53.5. The first kappa shape index (κ1) is 64.6. The van der Waals surface area contributed by atoms with E-state index < -0.39 is 6.10 Å². The zero-order valence-corrected chi connectivity index (χ0v) is 44.6. The molecule has 0 spiro atoms. The summed E-state index contributed by atoms with van der Waals surface area (Å²) >= 11 is 0. The van der Waals surface area contributed by atoms with Crippen LogP contribution in [0.2, 0.25) is 0 Å². The van der Waals surface area contributed by atoms with Crippen LogP contribution in [0.25, 0.3) is 0 Å². The van der Waals surface area contributed by atoms with Gasteiger partial charge in [-0.3, -0.25) is 14.4 Å². The van der Waals surface area contributed by atoms with E-state index >= 15 is 0 Å². The average molecular weight is 948 g/mol. The fraction of sp³-hybridized carbons (Fsp3) is 0.726. The van der Waals surface area contributed by atoms with Gasteiger partial charge in [0.25, 0.3) is 0 Å². The summed E-state index contributed by atoms with van der Waals surface area (Å²) in [7, 11) is 0. The molecule has 390 valence electrons. The summed E-state index contributed by atoms with van der Waals surface area (Å²) in [4.78, 5) is 37.9. The van der Waals surface area contributed by atoms with E-state index in [1.807, 2.05) is 0 Å². The van der Waals surface area contributed by atoms with Gasteiger partial charge in [0.15, 0.2) is 6.10 Å². The topological polar surface area (TPSA) is 78.9 Å². The monoisotopic (exact) mass is 947 g/mol. The van der Waals surface area contributed by atoms with E-state index in [2.05, 4.69) is 106 Å². The van der Waals surface area contributed by atoms with Crippen LogP contribution in [0.3, 0.4) is 0 Å². The van der Waals surface area contributed by atoms with Gasteiger partial charge in [0.1, 0.15) is 13.2 Å². The number of hydrogen-bond donors (Lipinski definition) is 0. The number of esters is 3. The van der Waals surface area contributed by atoms with Crippen molar-refractivity contribution in [1.29, 1.82) is 0 Å². The van der Waals surface area contributed by atoms with Gasteiger partial charge in [0.05, 0.1) is 0 Å². The van der Waals surface area contributed by atoms with Crippen LogP contribution in [0, 0.1) is 0 Å². The number of allylic oxidation sites excluding steroid dienone is 14. The lowest BCUT2D eigenvalue weighted by Gasteiger charge is -2.18. The molecule has 0 fully saturated rings. The van der Waals surface area contributed by atoms with E-state index in [1.165, 1.54) is 122 Å². The van der Waals surface area contributed by atoms with E-state index in [1.54, 1.807) is 0 Å². The molecule has 0 radical (unpaired) electrons. The number of carbonyl (C=O) groups excluding carboxylic acids is 3. The Bertz CT molecular complexity index is 1320. The third-order valence-corrected chi connectivity index (χ3v) is 12.1. The molecule has 0 bridgehead atoms. The second kappa shape index (κ2) is 56.2. The summed E-state index contributed by atoms with van der Waals surface area (Å²) in [6.07, 6.45) is 73.2. The van der Waals surface area contributed by atoms with Crippen LogP contribution in [0.4, 0.5) is 0 Å². The van der Waals surface area contributed by atoms with Crippen molar-refractivity contribution in [3.05, 3.63) is 85.1 Å². The van der Waals surface area contributed by atoms with Crippen molar-refractivity contribution in [3.8, 4) is 0 Å². The van der Waals surface area contributed by atoms with E-state index in [9.17, 15) is 14.4 Å². The minimum Gasteiger partial charge on any atom is -0.462 e. The Morgan fingerprint density at radius 3 is 0.912 bits per heavy atom. The van der Waals surface area contributed by atoms with Gasteiger partial charge in [-0.1, -0.05) is 241 Å². The van der Waals surface area contributed by atoms with Gasteiger partial charge in [0, 0.05) is 19.3 Å². The SMILES string of the molecule is CC/C=C\C/C=C\C/C=C\C/C=C\C/C=C\C/C=C\CCCCCCCCC(=O)OCC(COC(=O)CCCCCCCC)OC(=O)CCCCCCCCCCC/C=C\CCCCCCCC. The summed E-state index contributed by atoms with van der Waals surface area (Å²) in [5.41, 5.74) is 0. The Kier molecular flexibility index (Phi) is 53.4. The highest BCUT2D eigenvalue weighted by Gasteiger charge is 2.19. The summed E-state index contributed by atoms with van der Waals surface area (Å²) in [6, 6.07) is 0. The molecule has 0 aromatic carbocycles. The van der Waals surface area contributed by atoms with Crippen molar-refractivity contribution >= 4 is 17.9 Å². The van der Waals surface area contributed by atoms with Crippen molar-refractivity contribution in [2.75, 3.05) is 13.2 Å². The molecule has 1 atom stereocenters. The number of rotatable bonds is 51. The molecule has 0 heterocycles. The first-order valence-corrected chi connectivity index (χ1v) is 28.6. The molecule has 0 rings (SSSR count). The van der Waals surface area contributed by atoms with E-state index in [4.69, 9.17) is 14.2 Å². The lowest BCUT2D eigenvalue weighted by Crippen LogP contribution is -2.30. The average Bonchev–Trinajstić information content (AvgIpc) is 3.34. The lowest BCUT2D eigenvalue weighted by molar-refractivity contribution is -0.167. The van der Waals surface area contributed by atoms with Crippen molar-refractivity contribution in [2.45, 2.75) is 277 Å². The van der Waals surface area contributed by atoms with Crippen LogP contribution in [-0.2, 0) is 28.6 Å². The van der Waals surface area contributed by atoms with Crippen molar-refractivity contribution < 1.29 is 28.6 Å². The Hall–Kier alpha value is -3.41. The highest BCUT2D eigenvalue weighted by Crippen LogP contribution is 2.15. The number of hydrogen-bond acceptors (Lipinski definition) is 6. The molecule has 0 N–H and O–H groups in total. The smallest absolute Gasteiger partial charge is 0.306 e. The van der Waals surface area contributed by atoms with E-state index in [-0.39, 0.29) is 31.1 Å². The first-order chi connectivity index (χ1) is 33.5. The third-order valence-electron chi connectivity index (χ3n) is 12.1. The van der Waals surface area contributed by atoms with Gasteiger partial charge in [-0.05, 0) is 96.3 Å². The number of ether oxygens (including phenoxy) is 3. The Morgan fingerprint density at radius 1 is 0.309 bits per heavy atom. The molecule has 0 aromatic rings. The summed E-state index contributed by atoms with van der Waals surface area (Å²) in [5.74, 6) is -0.904. The highest BCUT2D eigenvalue weighted by molar-refractivity contribution is 5.71. The molecule has 6 nitrogen and oxygen atoms in total. The lowest BCUT2D eigenvalue weighted by atomic mass is 10.1. The second-order valence-electron chi connectivity index (χ2n) is 18.8. The van der Waals surface area contributed by atoms with Gasteiger partial charge in [-0.15, -0.1) is 0 Å². The van der Waals surface area contributed by atoms with Crippen molar-refractivity contribution in [3.63, 3.8) is 0 Å². The molecular formula is C62H106O6. The van der Waals surface area contributed by atoms with Gasteiger partial charge in [-0.2, -0.15) is 0 Å². The minimum atomic E-state index is -0.781. The number of carbonyl (C=O) groups is 3. The Labute approximate surface area is 420 Å². The maximum atomic E-state index is 12.8. The fourth-order valence-corrected chi connectivity index (χ4v) is 7.85. The standard InChI is InChI=1S/C62H106O6/c1-4-7-10-13-16-18-20-22-24-26-28-29-30-31-32-33-35-36-38-40-42-44-46-49-52-55-61(64)67-58-59(57-66-60(63)54-51-48-15-12-9-6-3)68-62(65)56-53-50-47-45-43-41-39-37-34-27-25-23-21-19-17-14-11-8-5-2/h7,10,16,18,22-25,28-29,31-32,35-36,59H,4-6,8-9,11-15,17,19-21,26-27,30,33-34,37-58H2,1-3H3/b10-7-,18-16-,24-22-,25-23-,29-28-,32-31-,36-35-. The molecule has 6 heteroatoms. The van der Waals surface area contributed by atoms with Crippen LogP contribution >= 0.6 is 0 Å². The molecule has 0 aromatic heterocycles. The second-order valence-corrected chi connectivity index (χ2v) is 18.8. The quantitative estimate of drug-likeness (QED) is 0.0262. The maximum absolute atomic E-state index is 12.8. The largest absolute Gasteiger partial charge is 0.462 e. The molecule has 0 saturated heterocycles. The van der Waals surface area contributed by atoms with Crippen molar-refractivity contribution in [2.24, 2.45) is 0 Å². The summed E-state index contributed by atoms with van der Waals surface area (Å²) in [6.45, 7) is 6.46. The van der Waals surface area contributed by atoms with Crippen LogP contribution in [0.15, 0.2) is 85.1 Å². The Balaban J connectivity index is 4.19. The zero-order chi connectivity index (χ0) is 49.3. The van der Waals surface area contributed by atoms with E-state index in [0.717, 1.165) is 109 Å². The van der Waals surface area contributed by atoms with Crippen molar-refractivity contribution in [1.82, 2.24) is 0 Å². The van der Waals surface area contributed by atoms with E-state index in [0.29, 0.717) is 19.3 Å². The van der Waals surface area contributed by atoms with Crippen LogP contribution in [-0.4, -0.2) is 37.2 Å². The predicted octanol–water partition coefficient (Wildman–Crippen LogP) is 19.2. The summed E-state index contributed by atoms with van der Waals surface area (Å²) < 4.78 is 16.7. The predicted molar refractivity (Wildman–Crippen MR) is 293 cm³/mol. The van der Waals surface area contributed by atoms with Crippen LogP contribution in [0.5, 0.6) is 0 Å². The molecule has 0 saturated carbocycles. The molecular weight excluding hydrogens is 841 g/mol. The normalized spacial score (nSPS) is 12.7. The molecule has 0 amide bonds. The molecule has 0 aliphatic heterocycles. The molecule has 0 aliphatic carbocycles. The fourth-order valence-electron chi connectivity index (χ4n) is 7.85. The molecule has 0 aliphatic rings. The minimum absolute atomic E-state index is 0.0816. The molecule has 68 heavy (non-hydrogen) atoms. The van der Waals surface area contributed by atoms with Crippen LogP contribution in [0.1, 0.15) is 271 Å². The first-order valence-electron chi connectivity index (χ1n) is 28.6. The Morgan fingerprint density at radius 2 is 0.574 bits per heavy atom. The van der Waals surface area contributed by atoms with Gasteiger partial charge < -0.3 is 14.2 Å². The maximum Gasteiger partial charge on any atom is 0.306 e. The molecule has 1 unspecified atom stereocenters. The van der Waals surface area contributed by atoms with Gasteiger partial charge >= 0.3 is 17.9 Å². The van der Waals surface area contributed by atoms with Gasteiger partial charge in [0.2, 0.25) is 0 Å². The number of unbranched alkanes of at least 4 members (excludes halogenated alkanes) is 26. The van der Waals surface area contributed by atoms with Gasteiger partial charge in [-0.25, -0.2) is 0 Å². The van der Waals surface area contributed by atoms with Crippen LogP contribution < -0.4 is 0 Å². The highest BCUT2D eigenvalue weighted by atomic mass is 16.6.